The molecule has 1 saturated heterocycles. The Balaban J connectivity index is 1.97. The van der Waals surface area contributed by atoms with E-state index in [1.807, 2.05) is 13.1 Å². The van der Waals surface area contributed by atoms with Gasteiger partial charge in [-0.25, -0.2) is 4.98 Å². The second kappa shape index (κ2) is 7.15. The monoisotopic (exact) mass is 332 g/mol. The second-order valence-corrected chi connectivity index (χ2v) is 8.29. The largest absolute Gasteiger partial charge is 0.330 e. The summed E-state index contributed by atoms with van der Waals surface area (Å²) in [7, 11) is -3.45. The van der Waals surface area contributed by atoms with E-state index in [-0.39, 0.29) is 6.04 Å². The van der Waals surface area contributed by atoms with Crippen LogP contribution in [0.1, 0.15) is 42.6 Å². The molecule has 0 aromatic carbocycles. The number of aromatic nitrogens is 1. The van der Waals surface area contributed by atoms with E-state index < -0.39 is 10.2 Å². The molecule has 0 spiro atoms. The molecule has 1 aliphatic heterocycles. The fourth-order valence-corrected chi connectivity index (χ4v) is 4.75. The van der Waals surface area contributed by atoms with Crippen molar-refractivity contribution in [2.45, 2.75) is 39.2 Å². The van der Waals surface area contributed by atoms with Gasteiger partial charge in [-0.1, -0.05) is 6.92 Å². The summed E-state index contributed by atoms with van der Waals surface area (Å²) in [4.78, 5) is 5.46. The molecule has 8 heteroatoms. The van der Waals surface area contributed by atoms with Crippen LogP contribution in [-0.2, 0) is 16.6 Å². The van der Waals surface area contributed by atoms with Gasteiger partial charge in [0.2, 0.25) is 0 Å². The zero-order chi connectivity index (χ0) is 15.5. The van der Waals surface area contributed by atoms with E-state index in [0.29, 0.717) is 25.6 Å². The Morgan fingerprint density at radius 2 is 2.19 bits per heavy atom. The lowest BCUT2D eigenvalue weighted by Gasteiger charge is -2.31. The predicted molar refractivity (Wildman–Crippen MR) is 85.3 cm³/mol. The van der Waals surface area contributed by atoms with Gasteiger partial charge in [0.1, 0.15) is 5.01 Å². The van der Waals surface area contributed by atoms with Gasteiger partial charge in [-0.05, 0) is 38.6 Å². The SMILES string of the molecule is CCc1cnc(C(C)NS(=O)(=O)N2CCC(CN)CC2)s1. The summed E-state index contributed by atoms with van der Waals surface area (Å²) in [6, 6.07) is -0.299. The van der Waals surface area contributed by atoms with Crippen molar-refractivity contribution in [3.63, 3.8) is 0 Å². The average molecular weight is 332 g/mol. The van der Waals surface area contributed by atoms with Crippen molar-refractivity contribution in [2.24, 2.45) is 11.7 Å². The molecule has 1 atom stereocenters. The highest BCUT2D eigenvalue weighted by molar-refractivity contribution is 7.87. The minimum Gasteiger partial charge on any atom is -0.330 e. The lowest BCUT2D eigenvalue weighted by Crippen LogP contribution is -2.46. The summed E-state index contributed by atoms with van der Waals surface area (Å²) >= 11 is 1.56. The molecule has 1 aromatic rings. The number of hydrogen-bond donors (Lipinski definition) is 2. The Hall–Kier alpha value is -0.540. The van der Waals surface area contributed by atoms with E-state index in [1.54, 1.807) is 11.3 Å². The highest BCUT2D eigenvalue weighted by Gasteiger charge is 2.29. The first-order valence-electron chi connectivity index (χ1n) is 7.38. The van der Waals surface area contributed by atoms with Crippen molar-refractivity contribution in [2.75, 3.05) is 19.6 Å². The molecule has 21 heavy (non-hydrogen) atoms. The van der Waals surface area contributed by atoms with Crippen LogP contribution >= 0.6 is 11.3 Å². The maximum Gasteiger partial charge on any atom is 0.280 e. The van der Waals surface area contributed by atoms with Gasteiger partial charge in [0.25, 0.3) is 10.2 Å². The van der Waals surface area contributed by atoms with Crippen LogP contribution in [0.3, 0.4) is 0 Å². The average Bonchev–Trinajstić information content (AvgIpc) is 2.96. The minimum atomic E-state index is -3.45. The van der Waals surface area contributed by atoms with Gasteiger partial charge in [0, 0.05) is 24.2 Å². The third kappa shape index (κ3) is 4.23. The Bertz CT molecular complexity index is 550. The van der Waals surface area contributed by atoms with Gasteiger partial charge < -0.3 is 5.73 Å². The third-order valence-electron chi connectivity index (χ3n) is 3.86. The number of aryl methyl sites for hydroxylation is 1. The maximum absolute atomic E-state index is 12.4. The first kappa shape index (κ1) is 16.8. The highest BCUT2D eigenvalue weighted by atomic mass is 32.2. The quantitative estimate of drug-likeness (QED) is 0.821. The lowest BCUT2D eigenvalue weighted by molar-refractivity contribution is 0.274. The van der Waals surface area contributed by atoms with Crippen LogP contribution in [0.15, 0.2) is 6.20 Å². The molecule has 0 amide bonds. The number of thiazole rings is 1. The zero-order valence-corrected chi connectivity index (χ0v) is 14.2. The molecule has 2 rings (SSSR count). The summed E-state index contributed by atoms with van der Waals surface area (Å²) in [5.74, 6) is 0.444. The topological polar surface area (TPSA) is 88.3 Å². The molecule has 0 aliphatic carbocycles. The summed E-state index contributed by atoms with van der Waals surface area (Å²) in [6.45, 7) is 5.62. The molecule has 1 aliphatic rings. The van der Waals surface area contributed by atoms with Crippen LogP contribution in [-0.4, -0.2) is 37.3 Å². The van der Waals surface area contributed by atoms with Crippen LogP contribution < -0.4 is 10.5 Å². The van der Waals surface area contributed by atoms with Crippen LogP contribution in [0, 0.1) is 5.92 Å². The summed E-state index contributed by atoms with van der Waals surface area (Å²) < 4.78 is 29.0. The van der Waals surface area contributed by atoms with E-state index in [9.17, 15) is 8.42 Å². The summed E-state index contributed by atoms with van der Waals surface area (Å²) in [6.07, 6.45) is 4.41. The van der Waals surface area contributed by atoms with Gasteiger partial charge in [-0.2, -0.15) is 17.4 Å². The van der Waals surface area contributed by atoms with Crippen molar-refractivity contribution in [3.8, 4) is 0 Å². The first-order valence-corrected chi connectivity index (χ1v) is 9.64. The van der Waals surface area contributed by atoms with Crippen LogP contribution in [0.4, 0.5) is 0 Å². The fraction of sp³-hybridized carbons (Fsp3) is 0.769. The molecule has 3 N–H and O–H groups in total. The Kier molecular flexibility index (Phi) is 5.73. The first-order chi connectivity index (χ1) is 9.96. The van der Waals surface area contributed by atoms with Crippen molar-refractivity contribution < 1.29 is 8.42 Å². The van der Waals surface area contributed by atoms with Gasteiger partial charge in [0.05, 0.1) is 6.04 Å². The van der Waals surface area contributed by atoms with Crippen LogP contribution in [0.2, 0.25) is 0 Å². The van der Waals surface area contributed by atoms with Gasteiger partial charge in [-0.3, -0.25) is 0 Å². The lowest BCUT2D eigenvalue weighted by atomic mass is 9.99. The van der Waals surface area contributed by atoms with E-state index in [2.05, 4.69) is 16.6 Å². The molecular weight excluding hydrogens is 308 g/mol. The standard InChI is InChI=1S/C13H24N4O2S2/c1-3-12-9-15-13(20-12)10(2)16-21(18,19)17-6-4-11(8-14)5-7-17/h9-11,16H,3-8,14H2,1-2H3. The number of nitrogens with two attached hydrogens (primary N) is 1. The summed E-state index contributed by atoms with van der Waals surface area (Å²) in [5, 5.41) is 0.812. The maximum atomic E-state index is 12.4. The van der Waals surface area contributed by atoms with E-state index in [4.69, 9.17) is 5.73 Å². The smallest absolute Gasteiger partial charge is 0.280 e. The molecule has 1 unspecified atom stereocenters. The van der Waals surface area contributed by atoms with E-state index >= 15 is 0 Å². The van der Waals surface area contributed by atoms with Crippen molar-refractivity contribution >= 4 is 21.5 Å². The molecule has 1 aromatic heterocycles. The van der Waals surface area contributed by atoms with Crippen molar-refractivity contribution in [1.29, 1.82) is 0 Å². The molecule has 2 heterocycles. The normalized spacial score (nSPS) is 19.8. The Morgan fingerprint density at radius 1 is 1.52 bits per heavy atom. The second-order valence-electron chi connectivity index (χ2n) is 5.44. The fourth-order valence-electron chi connectivity index (χ4n) is 2.42. The molecule has 1 fully saturated rings. The number of hydrogen-bond acceptors (Lipinski definition) is 5. The van der Waals surface area contributed by atoms with Crippen LogP contribution in [0.25, 0.3) is 0 Å². The predicted octanol–water partition coefficient (Wildman–Crippen LogP) is 1.27. The minimum absolute atomic E-state index is 0.299. The molecule has 0 radical (unpaired) electrons. The number of nitrogens with one attached hydrogen (secondary N) is 1. The third-order valence-corrected chi connectivity index (χ3v) is 6.88. The van der Waals surface area contributed by atoms with E-state index in [1.165, 1.54) is 9.18 Å². The highest BCUT2D eigenvalue weighted by Crippen LogP contribution is 2.23. The number of rotatable bonds is 6. The molecule has 120 valence electrons. The molecule has 0 saturated carbocycles. The summed E-state index contributed by atoms with van der Waals surface area (Å²) in [5.41, 5.74) is 5.64. The zero-order valence-electron chi connectivity index (χ0n) is 12.6. The Labute approximate surface area is 130 Å². The van der Waals surface area contributed by atoms with Crippen molar-refractivity contribution in [1.82, 2.24) is 14.0 Å². The van der Waals surface area contributed by atoms with Crippen molar-refractivity contribution in [3.05, 3.63) is 16.1 Å². The Morgan fingerprint density at radius 3 is 2.71 bits per heavy atom. The molecule has 0 bridgehead atoms. The van der Waals surface area contributed by atoms with Crippen LogP contribution in [0.5, 0.6) is 0 Å². The van der Waals surface area contributed by atoms with Gasteiger partial charge in [0.15, 0.2) is 0 Å². The number of nitrogens with zero attached hydrogens (tertiary/aromatic N) is 2. The molecular formula is C13H24N4O2S2. The van der Waals surface area contributed by atoms with E-state index in [0.717, 1.165) is 24.3 Å². The van der Waals surface area contributed by atoms with Gasteiger partial charge >= 0.3 is 0 Å². The van der Waals surface area contributed by atoms with Gasteiger partial charge in [-0.15, -0.1) is 11.3 Å². The number of piperidine rings is 1. The molecule has 6 nitrogen and oxygen atoms in total.